The third-order valence-electron chi connectivity index (χ3n) is 4.90. The number of hydrogen-bond donors (Lipinski definition) is 2. The lowest BCUT2D eigenvalue weighted by Crippen LogP contribution is -2.51. The Morgan fingerprint density at radius 1 is 1.24 bits per heavy atom. The minimum atomic E-state index is 0. The van der Waals surface area contributed by atoms with Gasteiger partial charge in [0.1, 0.15) is 5.76 Å². The first-order valence-corrected chi connectivity index (χ1v) is 10.2. The Kier molecular flexibility index (Phi) is 11.1. The maximum atomic E-state index is 5.41. The molecule has 3 rings (SSSR count). The zero-order valence-electron chi connectivity index (χ0n) is 17.2. The van der Waals surface area contributed by atoms with Crippen LogP contribution in [0.2, 0.25) is 0 Å². The van der Waals surface area contributed by atoms with Crippen molar-refractivity contribution in [1.29, 1.82) is 0 Å². The van der Waals surface area contributed by atoms with E-state index in [2.05, 4.69) is 50.9 Å². The van der Waals surface area contributed by atoms with Crippen molar-refractivity contribution in [3.05, 3.63) is 60.1 Å². The molecule has 1 aliphatic heterocycles. The fraction of sp³-hybridized carbons (Fsp3) is 0.500. The predicted octanol–water partition coefficient (Wildman–Crippen LogP) is 3.29. The lowest BCUT2D eigenvalue weighted by Gasteiger charge is -2.34. The molecule has 0 spiro atoms. The number of halogens is 1. The van der Waals surface area contributed by atoms with Gasteiger partial charge in [0.15, 0.2) is 5.96 Å². The largest absolute Gasteiger partial charge is 0.469 e. The first-order valence-electron chi connectivity index (χ1n) is 10.2. The Hall–Kier alpha value is -1.58. The van der Waals surface area contributed by atoms with Crippen LogP contribution < -0.4 is 10.6 Å². The fourth-order valence-electron chi connectivity index (χ4n) is 3.51. The van der Waals surface area contributed by atoms with Crippen LogP contribution >= 0.6 is 24.0 Å². The summed E-state index contributed by atoms with van der Waals surface area (Å²) in [5.74, 6) is 1.84. The molecule has 1 fully saturated rings. The summed E-state index contributed by atoms with van der Waals surface area (Å²) < 4.78 is 10.6. The van der Waals surface area contributed by atoms with Gasteiger partial charge in [0, 0.05) is 39.2 Å². The van der Waals surface area contributed by atoms with Crippen molar-refractivity contribution in [3.63, 3.8) is 0 Å². The number of nitrogens with one attached hydrogen (secondary N) is 2. The van der Waals surface area contributed by atoms with Crippen LogP contribution in [0.1, 0.15) is 24.2 Å². The van der Waals surface area contributed by atoms with E-state index in [1.54, 1.807) is 13.4 Å². The smallest absolute Gasteiger partial charge is 0.191 e. The molecule has 0 aliphatic carbocycles. The second-order valence-electron chi connectivity index (χ2n) is 7.18. The van der Waals surface area contributed by atoms with Crippen molar-refractivity contribution < 1.29 is 9.15 Å². The van der Waals surface area contributed by atoms with Gasteiger partial charge in [0.2, 0.25) is 0 Å². The maximum absolute atomic E-state index is 5.41. The van der Waals surface area contributed by atoms with Crippen LogP contribution in [0.15, 0.2) is 58.1 Å². The van der Waals surface area contributed by atoms with Gasteiger partial charge in [0.25, 0.3) is 0 Å². The summed E-state index contributed by atoms with van der Waals surface area (Å²) in [5.41, 5.74) is 1.37. The van der Waals surface area contributed by atoms with Crippen molar-refractivity contribution in [2.45, 2.75) is 31.8 Å². The van der Waals surface area contributed by atoms with Crippen molar-refractivity contribution >= 4 is 29.9 Å². The van der Waals surface area contributed by atoms with Gasteiger partial charge in [-0.3, -0.25) is 9.89 Å². The Bertz CT molecular complexity index is 694. The minimum Gasteiger partial charge on any atom is -0.469 e. The molecular weight excluding hydrogens is 479 g/mol. The molecule has 7 heteroatoms. The van der Waals surface area contributed by atoms with Crippen LogP contribution in [0.3, 0.4) is 0 Å². The quantitative estimate of drug-likeness (QED) is 0.234. The highest BCUT2D eigenvalue weighted by atomic mass is 127. The zero-order chi connectivity index (χ0) is 19.4. The van der Waals surface area contributed by atoms with Crippen LogP contribution in [0.5, 0.6) is 0 Å². The number of ether oxygens (including phenoxy) is 1. The number of piperidine rings is 1. The van der Waals surface area contributed by atoms with Crippen LogP contribution in [-0.2, 0) is 17.7 Å². The second-order valence-corrected chi connectivity index (χ2v) is 7.18. The molecule has 1 aromatic carbocycles. The SMILES string of the molecule is COCCN=C(NCCc1ccco1)NC1CCCN(Cc2ccccc2)C1.I. The van der Waals surface area contributed by atoms with Gasteiger partial charge in [-0.2, -0.15) is 0 Å². The van der Waals surface area contributed by atoms with Crippen molar-refractivity contribution in [2.24, 2.45) is 4.99 Å². The van der Waals surface area contributed by atoms with E-state index in [-0.39, 0.29) is 24.0 Å². The molecule has 1 unspecified atom stereocenters. The van der Waals surface area contributed by atoms with Crippen LogP contribution in [0.25, 0.3) is 0 Å². The third-order valence-corrected chi connectivity index (χ3v) is 4.90. The van der Waals surface area contributed by atoms with Crippen molar-refractivity contribution in [1.82, 2.24) is 15.5 Å². The lowest BCUT2D eigenvalue weighted by atomic mass is 10.0. The van der Waals surface area contributed by atoms with E-state index in [9.17, 15) is 0 Å². The van der Waals surface area contributed by atoms with E-state index in [1.807, 2.05) is 12.1 Å². The number of rotatable bonds is 9. The number of methoxy groups -OCH3 is 1. The van der Waals surface area contributed by atoms with Gasteiger partial charge in [-0.25, -0.2) is 0 Å². The van der Waals surface area contributed by atoms with E-state index < -0.39 is 0 Å². The number of aliphatic imine (C=N–C) groups is 1. The van der Waals surface area contributed by atoms with Crippen LogP contribution in [0.4, 0.5) is 0 Å². The Balaban J connectivity index is 0.00000300. The summed E-state index contributed by atoms with van der Waals surface area (Å²) in [4.78, 5) is 7.18. The number of nitrogens with zero attached hydrogens (tertiary/aromatic N) is 2. The maximum Gasteiger partial charge on any atom is 0.191 e. The van der Waals surface area contributed by atoms with Gasteiger partial charge in [-0.05, 0) is 37.1 Å². The highest BCUT2D eigenvalue weighted by Crippen LogP contribution is 2.13. The van der Waals surface area contributed by atoms with E-state index in [4.69, 9.17) is 9.15 Å². The average molecular weight is 512 g/mol. The normalized spacial score (nSPS) is 17.6. The zero-order valence-corrected chi connectivity index (χ0v) is 19.5. The van der Waals surface area contributed by atoms with Crippen LogP contribution in [0, 0.1) is 0 Å². The van der Waals surface area contributed by atoms with E-state index in [1.165, 1.54) is 12.0 Å². The molecule has 0 bridgehead atoms. The van der Waals surface area contributed by atoms with Gasteiger partial charge in [-0.15, -0.1) is 24.0 Å². The molecule has 2 N–H and O–H groups in total. The Labute approximate surface area is 191 Å². The summed E-state index contributed by atoms with van der Waals surface area (Å²) in [7, 11) is 1.70. The molecule has 6 nitrogen and oxygen atoms in total. The molecular formula is C22H33IN4O2. The third kappa shape index (κ3) is 8.76. The summed E-state index contributed by atoms with van der Waals surface area (Å²) in [5, 5.41) is 7.06. The predicted molar refractivity (Wildman–Crippen MR) is 128 cm³/mol. The molecule has 2 aromatic rings. The van der Waals surface area contributed by atoms with E-state index in [0.29, 0.717) is 19.2 Å². The minimum absolute atomic E-state index is 0. The average Bonchev–Trinajstić information content (AvgIpc) is 3.23. The molecule has 1 saturated heterocycles. The van der Waals surface area contributed by atoms with Gasteiger partial charge in [-0.1, -0.05) is 30.3 Å². The summed E-state index contributed by atoms with van der Waals surface area (Å²) in [6.45, 7) is 5.23. The second kappa shape index (κ2) is 13.6. The molecule has 1 atom stereocenters. The highest BCUT2D eigenvalue weighted by Gasteiger charge is 2.20. The summed E-state index contributed by atoms with van der Waals surface area (Å²) >= 11 is 0. The van der Waals surface area contributed by atoms with Gasteiger partial charge >= 0.3 is 0 Å². The molecule has 1 aliphatic rings. The molecule has 1 aromatic heterocycles. The summed E-state index contributed by atoms with van der Waals surface area (Å²) in [6.07, 6.45) is 4.91. The van der Waals surface area contributed by atoms with Crippen LogP contribution in [-0.4, -0.2) is 56.8 Å². The fourth-order valence-corrected chi connectivity index (χ4v) is 3.51. The molecule has 2 heterocycles. The van der Waals surface area contributed by atoms with Crippen molar-refractivity contribution in [2.75, 3.05) is 39.9 Å². The van der Waals surface area contributed by atoms with E-state index in [0.717, 1.165) is 50.7 Å². The molecule has 0 amide bonds. The number of likely N-dealkylation sites (tertiary alicyclic amines) is 1. The summed E-state index contributed by atoms with van der Waals surface area (Å²) in [6, 6.07) is 15.0. The lowest BCUT2D eigenvalue weighted by molar-refractivity contribution is 0.192. The standard InChI is InChI=1S/C22H32N4O2.HI/c1-27-16-13-24-22(23-12-11-21-10-6-15-28-21)25-20-9-5-14-26(18-20)17-19-7-3-2-4-8-19;/h2-4,6-8,10,15,20H,5,9,11-14,16-18H2,1H3,(H2,23,24,25);1H. The van der Waals surface area contributed by atoms with Gasteiger partial charge < -0.3 is 19.8 Å². The van der Waals surface area contributed by atoms with E-state index >= 15 is 0 Å². The number of furan rings is 1. The Morgan fingerprint density at radius 2 is 2.10 bits per heavy atom. The number of guanidine groups is 1. The molecule has 29 heavy (non-hydrogen) atoms. The topological polar surface area (TPSA) is 62.0 Å². The first-order chi connectivity index (χ1) is 13.8. The monoisotopic (exact) mass is 512 g/mol. The van der Waals surface area contributed by atoms with Gasteiger partial charge in [0.05, 0.1) is 19.4 Å². The highest BCUT2D eigenvalue weighted by molar-refractivity contribution is 14.0. The van der Waals surface area contributed by atoms with Crippen molar-refractivity contribution in [3.8, 4) is 0 Å². The molecule has 160 valence electrons. The molecule has 0 radical (unpaired) electrons. The Morgan fingerprint density at radius 3 is 2.86 bits per heavy atom. The number of benzene rings is 1. The first kappa shape index (κ1) is 23.7. The number of hydrogen-bond acceptors (Lipinski definition) is 4. The molecule has 0 saturated carbocycles.